The number of nitrogens with two attached hydrogens (primary N) is 1. The molecule has 0 fully saturated rings. The smallest absolute Gasteiger partial charge is 0.406 e. The van der Waals surface area contributed by atoms with E-state index in [4.69, 9.17) is 5.73 Å². The Hall–Kier alpha value is -4.78. The number of amides is 1. The Morgan fingerprint density at radius 1 is 1.02 bits per heavy atom. The third-order valence-corrected chi connectivity index (χ3v) is 6.81. The fraction of sp³-hybridized carbons (Fsp3) is 0.0714. The van der Waals surface area contributed by atoms with Gasteiger partial charge in [-0.2, -0.15) is 0 Å². The van der Waals surface area contributed by atoms with Crippen molar-refractivity contribution in [3.8, 4) is 16.9 Å². The molecule has 5 rings (SSSR count). The Balaban J connectivity index is 1.74. The number of nitrogen functional groups attached to an aromatic ring is 1. The maximum atomic E-state index is 14.8. The predicted molar refractivity (Wildman–Crippen MR) is 144 cm³/mol. The first-order chi connectivity index (χ1) is 19.5. The zero-order valence-electron chi connectivity index (χ0n) is 20.8. The fourth-order valence-electron chi connectivity index (χ4n) is 4.37. The lowest BCUT2D eigenvalue weighted by Crippen LogP contribution is -2.22. The number of carbonyl (C=O) groups excluding carboxylic acids is 1. The van der Waals surface area contributed by atoms with Crippen molar-refractivity contribution in [3.63, 3.8) is 0 Å². The molecule has 0 unspecified atom stereocenters. The van der Waals surface area contributed by atoms with Crippen molar-refractivity contribution < 1.29 is 31.5 Å². The molecule has 13 heteroatoms. The number of ether oxygens (including phenoxy) is 1. The number of hydrogen-bond donors (Lipinski definition) is 3. The number of hydrogen-bond acceptors (Lipinski definition) is 5. The summed E-state index contributed by atoms with van der Waals surface area (Å²) in [6, 6.07) is 15.8. The number of benzene rings is 3. The lowest BCUT2D eigenvalue weighted by atomic mass is 10.0. The van der Waals surface area contributed by atoms with E-state index < -0.39 is 35.2 Å². The topological polar surface area (TPSA) is 102 Å². The highest BCUT2D eigenvalue weighted by atomic mass is 32.2. The molecule has 1 amide bonds. The molecule has 0 bridgehead atoms. The van der Waals surface area contributed by atoms with Crippen LogP contribution in [0.15, 0.2) is 88.7 Å². The maximum Gasteiger partial charge on any atom is 0.573 e. The van der Waals surface area contributed by atoms with Gasteiger partial charge in [-0.1, -0.05) is 12.1 Å². The molecule has 2 heterocycles. The molecule has 5 aromatic rings. The van der Waals surface area contributed by atoms with Gasteiger partial charge in [-0.15, -0.1) is 13.2 Å². The first-order valence-corrected chi connectivity index (χ1v) is 12.7. The standard InChI is InChI=1S/C28H19F5N4O3S/c29-16-7-6-15(22(30)11-16)14-37-23-9-8-18(40-28(31,32)33)13-21(23)24(20-5-2-10-35-26(20)38)25(37)27(39)36-41-19-4-1-3-17(34)12-19/h1-13H,14,34H2,(H,35,38)(H,36,39). The number of H-pyrrole nitrogens is 1. The van der Waals surface area contributed by atoms with E-state index in [1.165, 1.54) is 35.0 Å². The van der Waals surface area contributed by atoms with E-state index in [1.807, 2.05) is 0 Å². The van der Waals surface area contributed by atoms with E-state index in [2.05, 4.69) is 14.4 Å². The average molecular weight is 587 g/mol. The van der Waals surface area contributed by atoms with Crippen molar-refractivity contribution >= 4 is 34.4 Å². The summed E-state index contributed by atoms with van der Waals surface area (Å²) in [6.45, 7) is -0.321. The van der Waals surface area contributed by atoms with Crippen molar-refractivity contribution in [2.24, 2.45) is 0 Å². The first-order valence-electron chi connectivity index (χ1n) is 11.9. The molecule has 2 aromatic heterocycles. The maximum absolute atomic E-state index is 14.8. The number of carbonyl (C=O) groups is 1. The summed E-state index contributed by atoms with van der Waals surface area (Å²) in [5.74, 6) is -3.05. The van der Waals surface area contributed by atoms with Crippen LogP contribution in [0.1, 0.15) is 16.1 Å². The van der Waals surface area contributed by atoms with Gasteiger partial charge >= 0.3 is 6.36 Å². The summed E-state index contributed by atoms with van der Waals surface area (Å²) in [5.41, 5.74) is 5.63. The Kier molecular flexibility index (Phi) is 7.45. The second kappa shape index (κ2) is 11.0. The van der Waals surface area contributed by atoms with Crippen molar-refractivity contribution in [3.05, 3.63) is 112 Å². The molecule has 0 aliphatic carbocycles. The van der Waals surface area contributed by atoms with E-state index in [9.17, 15) is 31.5 Å². The summed E-state index contributed by atoms with van der Waals surface area (Å²) < 4.78 is 75.7. The molecule has 7 nitrogen and oxygen atoms in total. The highest BCUT2D eigenvalue weighted by molar-refractivity contribution is 7.98. The number of rotatable bonds is 7. The Labute approximate surface area is 232 Å². The molecule has 0 aliphatic rings. The van der Waals surface area contributed by atoms with Gasteiger partial charge < -0.3 is 20.0 Å². The number of aromatic amines is 1. The Bertz CT molecular complexity index is 1830. The molecule has 0 saturated heterocycles. The molecule has 0 radical (unpaired) electrons. The molecule has 4 N–H and O–H groups in total. The Morgan fingerprint density at radius 2 is 1.83 bits per heavy atom. The van der Waals surface area contributed by atoms with Crippen LogP contribution in [0.25, 0.3) is 22.0 Å². The van der Waals surface area contributed by atoms with Crippen LogP contribution >= 0.6 is 11.9 Å². The molecular formula is C28H19F5N4O3S. The summed E-state index contributed by atoms with van der Waals surface area (Å²) in [7, 11) is 0. The third kappa shape index (κ3) is 6.04. The first kappa shape index (κ1) is 27.8. The van der Waals surface area contributed by atoms with Crippen LogP contribution in [0.5, 0.6) is 5.75 Å². The summed E-state index contributed by atoms with van der Waals surface area (Å²) in [5, 5.41) is 0.0603. The van der Waals surface area contributed by atoms with Crippen LogP contribution in [-0.2, 0) is 6.54 Å². The van der Waals surface area contributed by atoms with Gasteiger partial charge in [-0.3, -0.25) is 14.3 Å². The van der Waals surface area contributed by atoms with Crippen LogP contribution in [0.3, 0.4) is 0 Å². The van der Waals surface area contributed by atoms with Crippen LogP contribution < -0.4 is 20.8 Å². The van der Waals surface area contributed by atoms with Gasteiger partial charge in [0.05, 0.1) is 6.54 Å². The molecule has 0 aliphatic heterocycles. The van der Waals surface area contributed by atoms with E-state index in [1.54, 1.807) is 24.3 Å². The lowest BCUT2D eigenvalue weighted by molar-refractivity contribution is -0.274. The number of fused-ring (bicyclic) bond motifs is 1. The summed E-state index contributed by atoms with van der Waals surface area (Å²) >= 11 is 0.911. The Morgan fingerprint density at radius 3 is 2.54 bits per heavy atom. The highest BCUT2D eigenvalue weighted by Crippen LogP contribution is 2.38. The molecule has 3 aromatic carbocycles. The van der Waals surface area contributed by atoms with Gasteiger partial charge in [0.2, 0.25) is 0 Å². The fourth-order valence-corrected chi connectivity index (χ4v) is 5.02. The average Bonchev–Trinajstić information content (AvgIpc) is 3.21. The summed E-state index contributed by atoms with van der Waals surface area (Å²) in [4.78, 5) is 29.7. The van der Waals surface area contributed by atoms with Crippen LogP contribution in [0.4, 0.5) is 27.6 Å². The second-order valence-electron chi connectivity index (χ2n) is 8.79. The molecule has 0 saturated carbocycles. The SMILES string of the molecule is Nc1cccc(SNC(=O)c2c(-c3ccc[nH]c3=O)c3cc(OC(F)(F)F)ccc3n2Cc2ccc(F)cc2F)c1. The van der Waals surface area contributed by atoms with Gasteiger partial charge in [0, 0.05) is 50.4 Å². The lowest BCUT2D eigenvalue weighted by Gasteiger charge is -2.13. The normalized spacial score (nSPS) is 11.5. The molecule has 0 spiro atoms. The predicted octanol–water partition coefficient (Wildman–Crippen LogP) is 6.24. The van der Waals surface area contributed by atoms with Crippen molar-refractivity contribution in [1.82, 2.24) is 14.3 Å². The number of nitrogens with one attached hydrogen (secondary N) is 2. The minimum Gasteiger partial charge on any atom is -0.406 e. The molecule has 0 atom stereocenters. The number of anilines is 1. The zero-order valence-corrected chi connectivity index (χ0v) is 21.6. The zero-order chi connectivity index (χ0) is 29.3. The monoisotopic (exact) mass is 586 g/mol. The van der Waals surface area contributed by atoms with Crippen molar-refractivity contribution in [1.29, 1.82) is 0 Å². The summed E-state index contributed by atoms with van der Waals surface area (Å²) in [6.07, 6.45) is -3.65. The molecule has 41 heavy (non-hydrogen) atoms. The van der Waals surface area contributed by atoms with Gasteiger partial charge in [0.15, 0.2) is 0 Å². The minimum atomic E-state index is -5.01. The number of pyridine rings is 1. The van der Waals surface area contributed by atoms with Crippen LogP contribution in [-0.4, -0.2) is 21.8 Å². The van der Waals surface area contributed by atoms with Gasteiger partial charge in [-0.05, 0) is 66.5 Å². The van der Waals surface area contributed by atoms with E-state index in [0.717, 1.165) is 30.1 Å². The van der Waals surface area contributed by atoms with Gasteiger partial charge in [0.25, 0.3) is 11.5 Å². The minimum absolute atomic E-state index is 0.00928. The number of halogens is 5. The number of nitrogens with zero attached hydrogens (tertiary/aromatic N) is 1. The van der Waals surface area contributed by atoms with Crippen molar-refractivity contribution in [2.75, 3.05) is 5.73 Å². The molecule has 210 valence electrons. The third-order valence-electron chi connectivity index (χ3n) is 6.03. The number of alkyl halides is 3. The second-order valence-corrected chi connectivity index (χ2v) is 9.67. The van der Waals surface area contributed by atoms with Crippen LogP contribution in [0, 0.1) is 11.6 Å². The van der Waals surface area contributed by atoms with Crippen molar-refractivity contribution in [2.45, 2.75) is 17.8 Å². The number of aromatic nitrogens is 2. The van der Waals surface area contributed by atoms with Gasteiger partial charge in [-0.25, -0.2) is 8.78 Å². The quantitative estimate of drug-likeness (QED) is 0.119. The van der Waals surface area contributed by atoms with E-state index >= 15 is 0 Å². The van der Waals surface area contributed by atoms with Gasteiger partial charge in [0.1, 0.15) is 23.1 Å². The van der Waals surface area contributed by atoms with Crippen LogP contribution in [0.2, 0.25) is 0 Å². The molecular weight excluding hydrogens is 567 g/mol. The van der Waals surface area contributed by atoms with E-state index in [0.29, 0.717) is 16.6 Å². The van der Waals surface area contributed by atoms with E-state index in [-0.39, 0.29) is 39.8 Å². The largest absolute Gasteiger partial charge is 0.573 e. The highest BCUT2D eigenvalue weighted by Gasteiger charge is 2.32.